The second-order valence-corrected chi connectivity index (χ2v) is 7.55. The van der Waals surface area contributed by atoms with Crippen LogP contribution in [0.2, 0.25) is 0 Å². The molecule has 20 heavy (non-hydrogen) atoms. The van der Waals surface area contributed by atoms with Crippen molar-refractivity contribution < 1.29 is 17.9 Å². The van der Waals surface area contributed by atoms with Crippen LogP contribution in [0.3, 0.4) is 0 Å². The van der Waals surface area contributed by atoms with E-state index in [2.05, 4.69) is 10.1 Å². The fourth-order valence-corrected chi connectivity index (χ4v) is 5.09. The van der Waals surface area contributed by atoms with Gasteiger partial charge in [0.25, 0.3) is 5.91 Å². The van der Waals surface area contributed by atoms with E-state index < -0.39 is 15.1 Å². The molecule has 2 aliphatic rings. The number of fused-ring (bicyclic) bond motifs is 1. The van der Waals surface area contributed by atoms with Crippen LogP contribution in [0, 0.1) is 5.92 Å². The van der Waals surface area contributed by atoms with Crippen molar-refractivity contribution >= 4 is 15.7 Å². The standard InChI is InChI=1S/C11H16N4O4S/c1-14-11(19-2)12-9(13-14)10(16)15-5-7-3-4-20(17,18)8(7)6-15/h7-8H,3-6H2,1-2H3/t7-,8+/m0/s1. The Labute approximate surface area is 116 Å². The van der Waals surface area contributed by atoms with Crippen LogP contribution in [0.5, 0.6) is 6.01 Å². The van der Waals surface area contributed by atoms with E-state index >= 15 is 0 Å². The summed E-state index contributed by atoms with van der Waals surface area (Å²) >= 11 is 0. The van der Waals surface area contributed by atoms with Gasteiger partial charge in [0.15, 0.2) is 9.84 Å². The molecule has 110 valence electrons. The van der Waals surface area contributed by atoms with Gasteiger partial charge < -0.3 is 9.64 Å². The molecule has 2 atom stereocenters. The summed E-state index contributed by atoms with van der Waals surface area (Å²) in [4.78, 5) is 17.8. The van der Waals surface area contributed by atoms with E-state index in [1.165, 1.54) is 16.7 Å². The summed E-state index contributed by atoms with van der Waals surface area (Å²) in [5.74, 6) is -0.00944. The molecule has 0 spiro atoms. The second-order valence-electron chi connectivity index (χ2n) is 5.21. The fraction of sp³-hybridized carbons (Fsp3) is 0.727. The number of carbonyl (C=O) groups is 1. The van der Waals surface area contributed by atoms with E-state index in [0.717, 1.165) is 0 Å². The highest BCUT2D eigenvalue weighted by Crippen LogP contribution is 2.34. The van der Waals surface area contributed by atoms with Gasteiger partial charge in [0, 0.05) is 20.1 Å². The molecule has 1 amide bonds. The number of methoxy groups -OCH3 is 1. The minimum absolute atomic E-state index is 0.0433. The number of hydrogen-bond acceptors (Lipinski definition) is 6. The van der Waals surface area contributed by atoms with Gasteiger partial charge in [-0.25, -0.2) is 13.1 Å². The van der Waals surface area contributed by atoms with Crippen LogP contribution in [0.4, 0.5) is 0 Å². The van der Waals surface area contributed by atoms with Crippen molar-refractivity contribution in [2.45, 2.75) is 11.7 Å². The molecule has 3 heterocycles. The number of ether oxygens (including phenoxy) is 1. The van der Waals surface area contributed by atoms with E-state index in [0.29, 0.717) is 13.0 Å². The monoisotopic (exact) mass is 300 g/mol. The van der Waals surface area contributed by atoms with Crippen molar-refractivity contribution in [2.24, 2.45) is 13.0 Å². The lowest BCUT2D eigenvalue weighted by Crippen LogP contribution is -2.32. The Kier molecular flexibility index (Phi) is 2.96. The summed E-state index contributed by atoms with van der Waals surface area (Å²) in [5.41, 5.74) is 0. The molecule has 8 nitrogen and oxygen atoms in total. The lowest BCUT2D eigenvalue weighted by molar-refractivity contribution is 0.0774. The smallest absolute Gasteiger partial charge is 0.314 e. The number of likely N-dealkylation sites (tertiary alicyclic amines) is 1. The third-order valence-corrected chi connectivity index (χ3v) is 6.26. The van der Waals surface area contributed by atoms with Gasteiger partial charge in [0.1, 0.15) is 0 Å². The summed E-state index contributed by atoms with van der Waals surface area (Å²) in [6, 6.07) is 0.250. The minimum atomic E-state index is -3.04. The van der Waals surface area contributed by atoms with Crippen LogP contribution in [-0.4, -0.2) is 65.2 Å². The number of carbonyl (C=O) groups excluding carboxylic acids is 1. The number of aromatic nitrogens is 3. The lowest BCUT2D eigenvalue weighted by Gasteiger charge is -2.14. The number of nitrogens with zero attached hydrogens (tertiary/aromatic N) is 4. The van der Waals surface area contributed by atoms with Crippen molar-refractivity contribution in [2.75, 3.05) is 26.0 Å². The second kappa shape index (κ2) is 4.44. The summed E-state index contributed by atoms with van der Waals surface area (Å²) in [6.45, 7) is 0.704. The van der Waals surface area contributed by atoms with Crippen LogP contribution < -0.4 is 4.74 Å². The highest BCUT2D eigenvalue weighted by atomic mass is 32.2. The van der Waals surface area contributed by atoms with E-state index in [4.69, 9.17) is 4.74 Å². The summed E-state index contributed by atoms with van der Waals surface area (Å²) < 4.78 is 30.1. The van der Waals surface area contributed by atoms with Crippen molar-refractivity contribution in [1.29, 1.82) is 0 Å². The third kappa shape index (κ3) is 1.96. The molecule has 2 fully saturated rings. The lowest BCUT2D eigenvalue weighted by atomic mass is 10.1. The van der Waals surface area contributed by atoms with Crippen LogP contribution in [0.1, 0.15) is 17.0 Å². The van der Waals surface area contributed by atoms with Crippen LogP contribution in [0.25, 0.3) is 0 Å². The highest BCUT2D eigenvalue weighted by molar-refractivity contribution is 7.92. The van der Waals surface area contributed by atoms with E-state index in [-0.39, 0.29) is 36.0 Å². The van der Waals surface area contributed by atoms with E-state index in [1.54, 1.807) is 7.05 Å². The normalized spacial score (nSPS) is 27.6. The van der Waals surface area contributed by atoms with Gasteiger partial charge in [-0.2, -0.15) is 4.98 Å². The molecule has 1 aromatic rings. The number of hydrogen-bond donors (Lipinski definition) is 0. The topological polar surface area (TPSA) is 94.4 Å². The molecule has 2 saturated heterocycles. The molecule has 0 aliphatic carbocycles. The Hall–Kier alpha value is -1.64. The van der Waals surface area contributed by atoms with Gasteiger partial charge >= 0.3 is 6.01 Å². The van der Waals surface area contributed by atoms with Gasteiger partial charge in [-0.15, -0.1) is 5.10 Å². The number of amides is 1. The van der Waals surface area contributed by atoms with Gasteiger partial charge in [-0.1, -0.05) is 0 Å². The minimum Gasteiger partial charge on any atom is -0.467 e. The maximum Gasteiger partial charge on any atom is 0.314 e. The number of aryl methyl sites for hydroxylation is 1. The first-order valence-corrected chi connectivity index (χ1v) is 8.10. The van der Waals surface area contributed by atoms with Gasteiger partial charge in [-0.05, 0) is 12.3 Å². The van der Waals surface area contributed by atoms with Gasteiger partial charge in [0.2, 0.25) is 5.82 Å². The first-order chi connectivity index (χ1) is 9.42. The molecule has 0 N–H and O–H groups in total. The van der Waals surface area contributed by atoms with E-state index in [1.807, 2.05) is 0 Å². The zero-order valence-corrected chi connectivity index (χ0v) is 12.1. The quantitative estimate of drug-likeness (QED) is 0.701. The third-order valence-electron chi connectivity index (χ3n) is 4.00. The Bertz CT molecular complexity index is 653. The predicted molar refractivity (Wildman–Crippen MR) is 69.1 cm³/mol. The van der Waals surface area contributed by atoms with Gasteiger partial charge in [-0.3, -0.25) is 4.79 Å². The Morgan fingerprint density at radius 2 is 2.15 bits per heavy atom. The Morgan fingerprint density at radius 1 is 1.40 bits per heavy atom. The van der Waals surface area contributed by atoms with Crippen molar-refractivity contribution in [3.63, 3.8) is 0 Å². The summed E-state index contributed by atoms with van der Waals surface area (Å²) in [5, 5.41) is 3.58. The van der Waals surface area contributed by atoms with E-state index in [9.17, 15) is 13.2 Å². The van der Waals surface area contributed by atoms with Crippen LogP contribution in [-0.2, 0) is 16.9 Å². The molecule has 3 rings (SSSR count). The van der Waals surface area contributed by atoms with Crippen LogP contribution in [0.15, 0.2) is 0 Å². The summed E-state index contributed by atoms with van der Waals surface area (Å²) in [6.07, 6.45) is 0.635. The summed E-state index contributed by atoms with van der Waals surface area (Å²) in [7, 11) is 0.0356. The average molecular weight is 300 g/mol. The first-order valence-electron chi connectivity index (χ1n) is 6.38. The molecule has 0 bridgehead atoms. The predicted octanol–water partition coefficient (Wildman–Crippen LogP) is -0.917. The van der Waals surface area contributed by atoms with Gasteiger partial charge in [0.05, 0.1) is 18.1 Å². The zero-order valence-electron chi connectivity index (χ0n) is 11.3. The number of sulfone groups is 1. The molecule has 9 heteroatoms. The molecule has 0 aromatic carbocycles. The molecule has 0 unspecified atom stereocenters. The first kappa shape index (κ1) is 13.3. The van der Waals surface area contributed by atoms with Crippen molar-refractivity contribution in [3.8, 4) is 6.01 Å². The molecular weight excluding hydrogens is 284 g/mol. The molecular formula is C11H16N4O4S. The fourth-order valence-electron chi connectivity index (χ4n) is 2.94. The van der Waals surface area contributed by atoms with Crippen LogP contribution >= 0.6 is 0 Å². The van der Waals surface area contributed by atoms with Crippen molar-refractivity contribution in [1.82, 2.24) is 19.7 Å². The molecule has 0 radical (unpaired) electrons. The maximum absolute atomic E-state index is 12.3. The number of rotatable bonds is 2. The Morgan fingerprint density at radius 3 is 2.75 bits per heavy atom. The molecule has 1 aromatic heterocycles. The Balaban J connectivity index is 1.79. The average Bonchev–Trinajstić information content (AvgIpc) is 3.05. The largest absolute Gasteiger partial charge is 0.467 e. The highest BCUT2D eigenvalue weighted by Gasteiger charge is 2.48. The zero-order chi connectivity index (χ0) is 14.5. The van der Waals surface area contributed by atoms with Crippen molar-refractivity contribution in [3.05, 3.63) is 5.82 Å². The molecule has 2 aliphatic heterocycles. The SMILES string of the molecule is COc1nc(C(=O)N2C[C@@H]3CCS(=O)(=O)[C@@H]3C2)nn1C. The maximum atomic E-state index is 12.3. The molecule has 0 saturated carbocycles.